The molecule has 0 saturated heterocycles. The first-order valence-electron chi connectivity index (χ1n) is 12.6. The molecule has 5 rings (SSSR count). The highest BCUT2D eigenvalue weighted by Gasteiger charge is 2.47. The predicted octanol–water partition coefficient (Wildman–Crippen LogP) is 5.12. The summed E-state index contributed by atoms with van der Waals surface area (Å²) in [6.45, 7) is 0.466. The number of carbonyl (C=O) groups excluding carboxylic acids is 1. The second kappa shape index (κ2) is 10.9. The van der Waals surface area contributed by atoms with Crippen LogP contribution in [0.15, 0.2) is 42.5 Å². The van der Waals surface area contributed by atoms with Gasteiger partial charge in [0.1, 0.15) is 29.5 Å². The van der Waals surface area contributed by atoms with E-state index in [0.29, 0.717) is 52.8 Å². The van der Waals surface area contributed by atoms with Crippen molar-refractivity contribution < 1.29 is 33.6 Å². The molecule has 1 fully saturated rings. The maximum absolute atomic E-state index is 13.8. The van der Waals surface area contributed by atoms with Gasteiger partial charge in [0.25, 0.3) is 0 Å². The Morgan fingerprint density at radius 2 is 2.03 bits per heavy atom. The zero-order valence-electron chi connectivity index (χ0n) is 21.0. The van der Waals surface area contributed by atoms with Gasteiger partial charge in [0.05, 0.1) is 31.0 Å². The van der Waals surface area contributed by atoms with Crippen molar-refractivity contribution in [2.75, 3.05) is 26.9 Å². The topological polar surface area (TPSA) is 98.1 Å². The highest BCUT2D eigenvalue weighted by Crippen LogP contribution is 2.50. The lowest BCUT2D eigenvalue weighted by molar-refractivity contribution is -0.00112. The molecule has 1 aliphatic carbocycles. The first kappa shape index (κ1) is 26.4. The molecular formula is C29H29ClFNO6. The fraction of sp³-hybridized carbons (Fsp3) is 0.379. The smallest absolute Gasteiger partial charge is 0.163 e. The van der Waals surface area contributed by atoms with Gasteiger partial charge in [0, 0.05) is 29.5 Å². The maximum atomic E-state index is 13.8. The summed E-state index contributed by atoms with van der Waals surface area (Å²) in [7, 11) is 1.48. The Morgan fingerprint density at radius 1 is 1.21 bits per heavy atom. The van der Waals surface area contributed by atoms with E-state index in [1.807, 2.05) is 6.07 Å². The number of halogens is 2. The molecule has 0 amide bonds. The van der Waals surface area contributed by atoms with E-state index in [-0.39, 0.29) is 42.8 Å². The first-order valence-corrected chi connectivity index (χ1v) is 13.0. The number of aliphatic hydroxyl groups is 2. The van der Waals surface area contributed by atoms with Gasteiger partial charge in [-0.25, -0.2) is 9.37 Å². The fourth-order valence-corrected chi connectivity index (χ4v) is 5.10. The Morgan fingerprint density at radius 3 is 2.74 bits per heavy atom. The second-order valence-corrected chi connectivity index (χ2v) is 10.0. The van der Waals surface area contributed by atoms with E-state index in [0.717, 1.165) is 18.4 Å². The largest absolute Gasteiger partial charge is 0.493 e. The Balaban J connectivity index is 1.43. The van der Waals surface area contributed by atoms with E-state index in [2.05, 4.69) is 0 Å². The van der Waals surface area contributed by atoms with Crippen LogP contribution in [0.1, 0.15) is 47.3 Å². The fourth-order valence-electron chi connectivity index (χ4n) is 4.92. The van der Waals surface area contributed by atoms with Crippen LogP contribution >= 0.6 is 11.6 Å². The molecule has 2 aliphatic rings. The van der Waals surface area contributed by atoms with Crippen molar-refractivity contribution in [2.24, 2.45) is 5.92 Å². The zero-order valence-corrected chi connectivity index (χ0v) is 21.8. The number of fused-ring (bicyclic) bond motifs is 1. The van der Waals surface area contributed by atoms with E-state index in [4.69, 9.17) is 35.9 Å². The van der Waals surface area contributed by atoms with Gasteiger partial charge in [-0.2, -0.15) is 0 Å². The molecule has 1 saturated carbocycles. The average molecular weight is 542 g/mol. The molecule has 200 valence electrons. The molecule has 7 nitrogen and oxygen atoms in total. The van der Waals surface area contributed by atoms with Crippen molar-refractivity contribution in [3.8, 4) is 28.5 Å². The number of hydrogen-bond donors (Lipinski definition) is 2. The molecule has 0 bridgehead atoms. The third kappa shape index (κ3) is 5.21. The molecular weight excluding hydrogens is 513 g/mol. The number of Topliss-reactive ketones (excluding diaryl/α,β-unsaturated/α-hetero) is 1. The van der Waals surface area contributed by atoms with Gasteiger partial charge in [0.15, 0.2) is 17.3 Å². The van der Waals surface area contributed by atoms with Crippen LogP contribution in [-0.4, -0.2) is 47.9 Å². The van der Waals surface area contributed by atoms with E-state index in [1.165, 1.54) is 19.2 Å². The minimum Gasteiger partial charge on any atom is -0.493 e. The maximum Gasteiger partial charge on any atom is 0.163 e. The molecule has 2 N–H and O–H groups in total. The SMILES string of the molecule is COc1cc(C(=O)CCC(O)(c2cc3c(c(-c4ccc(F)c(Cl)c4)n2)OCC3)C2CC2)ccc1OCCO. The van der Waals surface area contributed by atoms with Crippen LogP contribution in [0.2, 0.25) is 5.02 Å². The van der Waals surface area contributed by atoms with Crippen LogP contribution < -0.4 is 14.2 Å². The van der Waals surface area contributed by atoms with E-state index in [9.17, 15) is 14.3 Å². The number of ketones is 1. The zero-order chi connectivity index (χ0) is 26.9. The molecule has 2 heterocycles. The van der Waals surface area contributed by atoms with Crippen LogP contribution in [-0.2, 0) is 12.0 Å². The molecule has 1 aliphatic heterocycles. The molecule has 0 spiro atoms. The van der Waals surface area contributed by atoms with E-state index in [1.54, 1.807) is 24.3 Å². The lowest BCUT2D eigenvalue weighted by atomic mass is 9.85. The molecule has 3 aromatic rings. The summed E-state index contributed by atoms with van der Waals surface area (Å²) in [6.07, 6.45) is 2.62. The Hall–Kier alpha value is -3.20. The summed E-state index contributed by atoms with van der Waals surface area (Å²) in [5, 5.41) is 20.9. The van der Waals surface area contributed by atoms with Gasteiger partial charge >= 0.3 is 0 Å². The summed E-state index contributed by atoms with van der Waals surface area (Å²) in [6, 6.07) is 11.1. The Labute approximate surface area is 225 Å². The van der Waals surface area contributed by atoms with Crippen molar-refractivity contribution in [1.29, 1.82) is 0 Å². The summed E-state index contributed by atoms with van der Waals surface area (Å²) in [5.41, 5.74) is 1.64. The normalized spacial score (nSPS) is 15.9. The van der Waals surface area contributed by atoms with Crippen molar-refractivity contribution in [2.45, 2.75) is 37.7 Å². The van der Waals surface area contributed by atoms with E-state index >= 15 is 0 Å². The van der Waals surface area contributed by atoms with Crippen molar-refractivity contribution in [3.05, 3.63) is 70.1 Å². The van der Waals surface area contributed by atoms with Crippen LogP contribution in [0.25, 0.3) is 11.3 Å². The number of aromatic nitrogens is 1. The molecule has 2 aromatic carbocycles. The molecule has 9 heteroatoms. The summed E-state index contributed by atoms with van der Waals surface area (Å²) < 4.78 is 30.5. The van der Waals surface area contributed by atoms with Crippen LogP contribution in [0, 0.1) is 11.7 Å². The number of carbonyl (C=O) groups is 1. The van der Waals surface area contributed by atoms with Crippen molar-refractivity contribution in [3.63, 3.8) is 0 Å². The number of aliphatic hydroxyl groups excluding tert-OH is 1. The van der Waals surface area contributed by atoms with Gasteiger partial charge in [-0.3, -0.25) is 4.79 Å². The van der Waals surface area contributed by atoms with E-state index < -0.39 is 11.4 Å². The highest BCUT2D eigenvalue weighted by atomic mass is 35.5. The molecule has 1 unspecified atom stereocenters. The third-order valence-corrected chi connectivity index (χ3v) is 7.41. The summed E-state index contributed by atoms with van der Waals surface area (Å²) >= 11 is 6.05. The quantitative estimate of drug-likeness (QED) is 0.325. The predicted molar refractivity (Wildman–Crippen MR) is 140 cm³/mol. The first-order chi connectivity index (χ1) is 18.3. The second-order valence-electron chi connectivity index (χ2n) is 9.63. The summed E-state index contributed by atoms with van der Waals surface area (Å²) in [4.78, 5) is 18.0. The van der Waals surface area contributed by atoms with Crippen molar-refractivity contribution in [1.82, 2.24) is 4.98 Å². The number of hydrogen-bond acceptors (Lipinski definition) is 7. The van der Waals surface area contributed by atoms with Crippen LogP contribution in [0.5, 0.6) is 17.2 Å². The standard InChI is InChI=1S/C29H29ClFNO6/c1-36-25-15-17(3-7-24(25)37-13-11-33)23(34)8-10-29(35,20-4-5-20)26-16-19-9-12-38-28(19)27(32-26)18-2-6-22(31)21(30)14-18/h2-3,6-7,14-16,20,33,35H,4-5,8-13H2,1H3. The Kier molecular flexibility index (Phi) is 7.56. The minimum atomic E-state index is -1.31. The van der Waals surface area contributed by atoms with Crippen molar-refractivity contribution >= 4 is 17.4 Å². The Bertz CT molecular complexity index is 1360. The number of pyridine rings is 1. The number of ether oxygens (including phenoxy) is 3. The van der Waals surface area contributed by atoms with Crippen LogP contribution in [0.4, 0.5) is 4.39 Å². The number of rotatable bonds is 11. The summed E-state index contributed by atoms with van der Waals surface area (Å²) in [5.74, 6) is 0.751. The van der Waals surface area contributed by atoms with Gasteiger partial charge in [-0.1, -0.05) is 11.6 Å². The molecule has 1 atom stereocenters. The third-order valence-electron chi connectivity index (χ3n) is 7.12. The average Bonchev–Trinajstić information content (AvgIpc) is 3.69. The number of methoxy groups -OCH3 is 1. The molecule has 38 heavy (non-hydrogen) atoms. The lowest BCUT2D eigenvalue weighted by Crippen LogP contribution is -2.31. The highest BCUT2D eigenvalue weighted by molar-refractivity contribution is 6.31. The molecule has 1 aromatic heterocycles. The van der Waals surface area contributed by atoms with Gasteiger partial charge in [0.2, 0.25) is 0 Å². The number of benzene rings is 2. The van der Waals surface area contributed by atoms with Gasteiger partial charge in [-0.15, -0.1) is 0 Å². The number of nitrogens with zero attached hydrogens (tertiary/aromatic N) is 1. The van der Waals surface area contributed by atoms with Gasteiger partial charge in [-0.05, 0) is 67.6 Å². The van der Waals surface area contributed by atoms with Gasteiger partial charge < -0.3 is 24.4 Å². The lowest BCUT2D eigenvalue weighted by Gasteiger charge is -2.29. The minimum absolute atomic E-state index is 0.0170. The monoisotopic (exact) mass is 541 g/mol. The van der Waals surface area contributed by atoms with Crippen LogP contribution in [0.3, 0.4) is 0 Å². The molecule has 0 radical (unpaired) electrons.